The van der Waals surface area contributed by atoms with Gasteiger partial charge in [0.05, 0.1) is 0 Å². The van der Waals surface area contributed by atoms with E-state index in [-0.39, 0.29) is 15.8 Å². The second-order valence-electron chi connectivity index (χ2n) is 11.6. The van der Waals surface area contributed by atoms with Crippen LogP contribution < -0.4 is 0 Å². The Balaban J connectivity index is 1.38. The summed E-state index contributed by atoms with van der Waals surface area (Å²) >= 11 is 14.9. The fraction of sp³-hybridized carbons (Fsp3) is 1.00. The molecule has 4 fully saturated rings. The Hall–Kier alpha value is 1.44. The Morgan fingerprint density at radius 1 is 0.500 bits per heavy atom. The molecule has 0 aliphatic heterocycles. The van der Waals surface area contributed by atoms with E-state index in [1.165, 1.54) is 141 Å². The van der Waals surface area contributed by atoms with Crippen LogP contribution in [0.1, 0.15) is 141 Å². The molecule has 0 radical (unpaired) electrons. The minimum absolute atomic E-state index is 0.192. The highest BCUT2D eigenvalue weighted by molar-refractivity contribution is 7.64. The van der Waals surface area contributed by atoms with Gasteiger partial charge in [-0.2, -0.15) is 0 Å². The third-order valence-electron chi connectivity index (χ3n) is 9.30. The van der Waals surface area contributed by atoms with Gasteiger partial charge in [0, 0.05) is 0 Å². The van der Waals surface area contributed by atoms with Crippen LogP contribution in [0, 0.1) is 0 Å². The van der Waals surface area contributed by atoms with E-state index in [4.69, 9.17) is 23.2 Å². The molecule has 0 spiro atoms. The van der Waals surface area contributed by atoms with Crippen molar-refractivity contribution in [2.45, 2.75) is 168 Å². The van der Waals surface area contributed by atoms with Gasteiger partial charge in [-0.15, -0.1) is 7.92 Å². The lowest BCUT2D eigenvalue weighted by Crippen LogP contribution is -2.29. The lowest BCUT2D eigenvalue weighted by Gasteiger charge is -2.45. The monoisotopic (exact) mass is 518 g/mol. The molecular weight excluding hydrogens is 469 g/mol. The maximum Gasteiger partial charge on any atom is 0.137 e. The summed E-state index contributed by atoms with van der Waals surface area (Å²) in [5, 5.41) is 0. The quantitative estimate of drug-likeness (QED) is 0.210. The Morgan fingerprint density at radius 2 is 0.844 bits per heavy atom. The lowest BCUT2D eigenvalue weighted by atomic mass is 9.99. The van der Waals surface area contributed by atoms with Crippen LogP contribution in [0.25, 0.3) is 0 Å². The van der Waals surface area contributed by atoms with Gasteiger partial charge in [-0.1, -0.05) is 108 Å². The third-order valence-corrected chi connectivity index (χ3v) is 18.2. The van der Waals surface area contributed by atoms with Crippen molar-refractivity contribution in [1.82, 2.24) is 0 Å². The average molecular weight is 520 g/mol. The van der Waals surface area contributed by atoms with Gasteiger partial charge in [0.1, 0.15) is 4.07 Å². The Labute approximate surface area is 212 Å². The van der Waals surface area contributed by atoms with Crippen molar-refractivity contribution < 1.29 is 0 Å². The van der Waals surface area contributed by atoms with Gasteiger partial charge in [0.15, 0.2) is 0 Å². The van der Waals surface area contributed by atoms with Gasteiger partial charge in [0.25, 0.3) is 0 Å². The molecule has 4 saturated carbocycles. The van der Waals surface area contributed by atoms with E-state index in [2.05, 4.69) is 0 Å². The first-order valence-corrected chi connectivity index (χ1v) is 18.5. The lowest BCUT2D eigenvalue weighted by molar-refractivity contribution is 0.480. The molecule has 0 aromatic heterocycles. The van der Waals surface area contributed by atoms with Gasteiger partial charge in [-0.3, -0.25) is 0 Å². The number of rotatable bonds is 9. The summed E-state index contributed by atoms with van der Waals surface area (Å²) in [5.74, 6) is 0. The van der Waals surface area contributed by atoms with E-state index in [9.17, 15) is 0 Å². The number of hydrogen-bond acceptors (Lipinski definition) is 0. The normalized spacial score (nSPS) is 26.2. The summed E-state index contributed by atoms with van der Waals surface area (Å²) < 4.78 is -0.417. The van der Waals surface area contributed by atoms with Crippen molar-refractivity contribution in [3.8, 4) is 0 Å². The molecule has 0 N–H and O–H groups in total. The fourth-order valence-electron chi connectivity index (χ4n) is 7.64. The maximum atomic E-state index is 7.43. The highest BCUT2D eigenvalue weighted by atomic mass is 35.5. The highest BCUT2D eigenvalue weighted by Gasteiger charge is 2.44. The molecule has 32 heavy (non-hydrogen) atoms. The molecule has 0 saturated heterocycles. The number of alkyl halides is 2. The van der Waals surface area contributed by atoms with Crippen LogP contribution in [0.15, 0.2) is 0 Å². The van der Waals surface area contributed by atoms with Crippen LogP contribution in [-0.4, -0.2) is 32.9 Å². The van der Waals surface area contributed by atoms with E-state index < -0.39 is 4.07 Å². The minimum atomic E-state index is -0.417. The van der Waals surface area contributed by atoms with Crippen molar-refractivity contribution in [2.75, 3.05) is 6.16 Å². The summed E-state index contributed by atoms with van der Waals surface area (Å²) in [6.45, 7) is 0. The summed E-state index contributed by atoms with van der Waals surface area (Å²) in [7, 11) is -0.0704. The smallest absolute Gasteiger partial charge is 0.100 e. The standard InChI is InChI=1S/C28H50Cl2P2/c29-28(30,32(26-18-9-3-10-19-26)27-20-11-4-12-21-27)22-13-23-31(24-14-5-1-6-15-24)25-16-7-2-8-17-25/h24-27H,1-23H2. The van der Waals surface area contributed by atoms with Gasteiger partial charge in [-0.25, -0.2) is 0 Å². The molecule has 0 heterocycles. The van der Waals surface area contributed by atoms with Crippen molar-refractivity contribution in [1.29, 1.82) is 0 Å². The third kappa shape index (κ3) is 7.47. The van der Waals surface area contributed by atoms with Crippen molar-refractivity contribution in [3.63, 3.8) is 0 Å². The highest BCUT2D eigenvalue weighted by Crippen LogP contribution is 2.69. The van der Waals surface area contributed by atoms with Crippen LogP contribution in [-0.2, 0) is 0 Å². The zero-order chi connectivity index (χ0) is 22.2. The summed E-state index contributed by atoms with van der Waals surface area (Å²) in [6.07, 6.45) is 33.2. The molecule has 4 aliphatic rings. The molecule has 0 unspecified atom stereocenters. The second kappa shape index (κ2) is 13.7. The van der Waals surface area contributed by atoms with E-state index >= 15 is 0 Å². The average Bonchev–Trinajstić information content (AvgIpc) is 2.84. The summed E-state index contributed by atoms with van der Waals surface area (Å²) in [4.78, 5) is 0. The zero-order valence-electron chi connectivity index (χ0n) is 20.7. The van der Waals surface area contributed by atoms with Crippen LogP contribution in [0.3, 0.4) is 0 Å². The largest absolute Gasteiger partial charge is 0.137 e. The van der Waals surface area contributed by atoms with E-state index in [0.717, 1.165) is 29.1 Å². The number of halogens is 2. The number of hydrogen-bond donors (Lipinski definition) is 0. The predicted molar refractivity (Wildman–Crippen MR) is 150 cm³/mol. The van der Waals surface area contributed by atoms with Crippen LogP contribution in [0.5, 0.6) is 0 Å². The molecule has 0 nitrogen and oxygen atoms in total. The predicted octanol–water partition coefficient (Wildman–Crippen LogP) is 11.2. The van der Waals surface area contributed by atoms with Gasteiger partial charge >= 0.3 is 0 Å². The maximum absolute atomic E-state index is 7.43. The fourth-order valence-corrected chi connectivity index (χ4v) is 17.4. The van der Waals surface area contributed by atoms with Crippen LogP contribution in [0.2, 0.25) is 0 Å². The molecule has 0 atom stereocenters. The summed E-state index contributed by atoms with van der Waals surface area (Å²) in [6, 6.07) is 0. The molecule has 0 bridgehead atoms. The minimum Gasteiger partial charge on any atom is -0.100 e. The van der Waals surface area contributed by atoms with Crippen molar-refractivity contribution in [2.24, 2.45) is 0 Å². The van der Waals surface area contributed by atoms with Crippen LogP contribution in [0.4, 0.5) is 0 Å². The Morgan fingerprint density at radius 3 is 1.22 bits per heavy atom. The van der Waals surface area contributed by atoms with E-state index in [1.54, 1.807) is 0 Å². The molecule has 4 aliphatic carbocycles. The molecule has 4 rings (SSSR count). The van der Waals surface area contributed by atoms with Crippen molar-refractivity contribution >= 4 is 39.0 Å². The van der Waals surface area contributed by atoms with Gasteiger partial charge in [-0.05, 0) is 93.0 Å². The molecule has 0 aromatic carbocycles. The van der Waals surface area contributed by atoms with E-state index in [0.29, 0.717) is 0 Å². The van der Waals surface area contributed by atoms with E-state index in [1.807, 2.05) is 0 Å². The SMILES string of the molecule is ClC(Cl)(CCCP(C1CCCCC1)C1CCCCC1)P(C1CCCCC1)C1CCCCC1. The zero-order valence-corrected chi connectivity index (χ0v) is 24.0. The summed E-state index contributed by atoms with van der Waals surface area (Å²) in [5.41, 5.74) is 3.85. The first-order valence-electron chi connectivity index (χ1n) is 14.6. The molecule has 186 valence electrons. The van der Waals surface area contributed by atoms with Gasteiger partial charge < -0.3 is 0 Å². The first kappa shape index (κ1) is 26.5. The van der Waals surface area contributed by atoms with Gasteiger partial charge in [0.2, 0.25) is 0 Å². The van der Waals surface area contributed by atoms with Crippen molar-refractivity contribution in [3.05, 3.63) is 0 Å². The Bertz CT molecular complexity index is 480. The molecular formula is C28H50Cl2P2. The topological polar surface area (TPSA) is 0 Å². The Kier molecular flexibility index (Phi) is 11.3. The second-order valence-corrected chi connectivity index (χ2v) is 19.6. The molecule has 0 amide bonds. The molecule has 4 heteroatoms. The first-order chi connectivity index (χ1) is 15.6. The molecule has 0 aromatic rings. The van der Waals surface area contributed by atoms with Crippen LogP contribution >= 0.6 is 39.0 Å².